The molecule has 0 bridgehead atoms. The first-order chi connectivity index (χ1) is 8.22. The Morgan fingerprint density at radius 1 is 1.29 bits per heavy atom. The third-order valence-electron chi connectivity index (χ3n) is 3.40. The largest absolute Gasteiger partial charge is 0.397 e. The van der Waals surface area contributed by atoms with Gasteiger partial charge >= 0.3 is 0 Å². The smallest absolute Gasteiger partial charge is 0.0638 e. The summed E-state index contributed by atoms with van der Waals surface area (Å²) in [7, 11) is 0. The van der Waals surface area contributed by atoms with Crippen molar-refractivity contribution in [2.75, 3.05) is 25.4 Å². The van der Waals surface area contributed by atoms with Gasteiger partial charge < -0.3 is 11.5 Å². The molecule has 0 saturated carbocycles. The Labute approximate surface area is 108 Å². The Bertz CT molecular complexity index is 392. The lowest BCUT2D eigenvalue weighted by atomic mass is 9.98. The van der Waals surface area contributed by atoms with Gasteiger partial charge in [-0.1, -0.05) is 17.7 Å². The van der Waals surface area contributed by atoms with E-state index in [0.29, 0.717) is 5.02 Å². The molecule has 4 N–H and O–H groups in total. The maximum atomic E-state index is 6.03. The number of rotatable bonds is 4. The van der Waals surface area contributed by atoms with Crippen molar-refractivity contribution in [2.24, 2.45) is 5.73 Å². The van der Waals surface area contributed by atoms with Crippen LogP contribution in [0.4, 0.5) is 5.69 Å². The Hall–Kier alpha value is -0.770. The molecule has 0 atom stereocenters. The normalized spacial score (nSPS) is 15.9. The zero-order valence-corrected chi connectivity index (χ0v) is 10.8. The van der Waals surface area contributed by atoms with Crippen molar-refractivity contribution in [3.63, 3.8) is 0 Å². The summed E-state index contributed by atoms with van der Waals surface area (Å²) in [4.78, 5) is 2.46. The Morgan fingerprint density at radius 2 is 2.12 bits per heavy atom. The van der Waals surface area contributed by atoms with E-state index in [9.17, 15) is 0 Å². The molecule has 17 heavy (non-hydrogen) atoms. The minimum absolute atomic E-state index is 0.681. The van der Waals surface area contributed by atoms with Gasteiger partial charge in [0, 0.05) is 13.1 Å². The average molecular weight is 254 g/mol. The van der Waals surface area contributed by atoms with Crippen LogP contribution in [0.3, 0.4) is 0 Å². The van der Waals surface area contributed by atoms with Crippen molar-refractivity contribution in [1.82, 2.24) is 4.90 Å². The van der Waals surface area contributed by atoms with Crippen molar-refractivity contribution >= 4 is 17.3 Å². The predicted octanol–water partition coefficient (Wildman–Crippen LogP) is 2.02. The van der Waals surface area contributed by atoms with Crippen molar-refractivity contribution in [2.45, 2.75) is 25.8 Å². The van der Waals surface area contributed by atoms with Gasteiger partial charge in [-0.3, -0.25) is 4.90 Å². The fraction of sp³-hybridized carbons (Fsp3) is 0.538. The predicted molar refractivity (Wildman–Crippen MR) is 73.1 cm³/mol. The molecule has 2 rings (SSSR count). The molecule has 0 amide bonds. The Balaban J connectivity index is 2.02. The number of halogens is 1. The van der Waals surface area contributed by atoms with Crippen LogP contribution in [-0.2, 0) is 13.0 Å². The highest BCUT2D eigenvalue weighted by Gasteiger charge is 2.18. The fourth-order valence-electron chi connectivity index (χ4n) is 2.39. The van der Waals surface area contributed by atoms with E-state index in [1.165, 1.54) is 17.5 Å². The molecule has 3 nitrogen and oxygen atoms in total. The van der Waals surface area contributed by atoms with E-state index < -0.39 is 0 Å². The second-order valence-electron chi connectivity index (χ2n) is 4.62. The molecule has 1 heterocycles. The average Bonchev–Trinajstić information content (AvgIpc) is 2.34. The van der Waals surface area contributed by atoms with E-state index in [4.69, 9.17) is 23.1 Å². The van der Waals surface area contributed by atoms with E-state index in [1.54, 1.807) is 0 Å². The van der Waals surface area contributed by atoms with Crippen molar-refractivity contribution in [3.05, 3.63) is 28.3 Å². The molecule has 1 aliphatic rings. The second-order valence-corrected chi connectivity index (χ2v) is 5.03. The quantitative estimate of drug-likeness (QED) is 0.638. The van der Waals surface area contributed by atoms with Crippen LogP contribution in [0.15, 0.2) is 12.1 Å². The van der Waals surface area contributed by atoms with Crippen molar-refractivity contribution in [3.8, 4) is 0 Å². The summed E-state index contributed by atoms with van der Waals surface area (Å²) in [6.45, 7) is 3.97. The molecule has 4 heteroatoms. The molecule has 1 aromatic carbocycles. The summed E-state index contributed by atoms with van der Waals surface area (Å²) in [5, 5.41) is 0.681. The number of unbranched alkanes of at least 4 members (excludes halogenated alkanes) is 1. The maximum Gasteiger partial charge on any atom is 0.0638 e. The van der Waals surface area contributed by atoms with E-state index in [-0.39, 0.29) is 0 Å². The molecule has 0 saturated heterocycles. The van der Waals surface area contributed by atoms with Crippen LogP contribution in [0.1, 0.15) is 24.0 Å². The van der Waals surface area contributed by atoms with E-state index in [1.807, 2.05) is 6.07 Å². The summed E-state index contributed by atoms with van der Waals surface area (Å²) in [6, 6.07) is 4.00. The van der Waals surface area contributed by atoms with Gasteiger partial charge in [-0.2, -0.15) is 0 Å². The first kappa shape index (κ1) is 12.7. The zero-order chi connectivity index (χ0) is 12.3. The number of nitrogen functional groups attached to an aromatic ring is 1. The van der Waals surface area contributed by atoms with Crippen molar-refractivity contribution in [1.29, 1.82) is 0 Å². The highest BCUT2D eigenvalue weighted by molar-refractivity contribution is 6.33. The van der Waals surface area contributed by atoms with E-state index in [0.717, 1.165) is 44.7 Å². The van der Waals surface area contributed by atoms with Crippen LogP contribution in [0.25, 0.3) is 0 Å². The van der Waals surface area contributed by atoms with Crippen LogP contribution in [0.5, 0.6) is 0 Å². The van der Waals surface area contributed by atoms with Crippen LogP contribution in [0.2, 0.25) is 5.02 Å². The van der Waals surface area contributed by atoms with Crippen LogP contribution in [0, 0.1) is 0 Å². The molecular weight excluding hydrogens is 234 g/mol. The Morgan fingerprint density at radius 3 is 2.88 bits per heavy atom. The monoisotopic (exact) mass is 253 g/mol. The third kappa shape index (κ3) is 2.92. The number of anilines is 1. The summed E-state index contributed by atoms with van der Waals surface area (Å²) < 4.78 is 0. The van der Waals surface area contributed by atoms with Gasteiger partial charge in [0.05, 0.1) is 10.7 Å². The van der Waals surface area contributed by atoms with E-state index >= 15 is 0 Å². The fourth-order valence-corrected chi connectivity index (χ4v) is 2.56. The molecule has 0 radical (unpaired) electrons. The van der Waals surface area contributed by atoms with Gasteiger partial charge in [0.1, 0.15) is 0 Å². The first-order valence-corrected chi connectivity index (χ1v) is 6.58. The number of nitrogens with zero attached hydrogens (tertiary/aromatic N) is 1. The number of hydrogen-bond acceptors (Lipinski definition) is 3. The Kier molecular flexibility index (Phi) is 4.26. The van der Waals surface area contributed by atoms with Gasteiger partial charge in [-0.15, -0.1) is 0 Å². The van der Waals surface area contributed by atoms with Gasteiger partial charge in [0.25, 0.3) is 0 Å². The lowest BCUT2D eigenvalue weighted by molar-refractivity contribution is 0.250. The molecule has 1 aromatic rings. The second kappa shape index (κ2) is 5.71. The van der Waals surface area contributed by atoms with Crippen molar-refractivity contribution < 1.29 is 0 Å². The highest BCUT2D eigenvalue weighted by atomic mass is 35.5. The van der Waals surface area contributed by atoms with Crippen LogP contribution < -0.4 is 11.5 Å². The number of nitrogens with two attached hydrogens (primary N) is 2. The van der Waals surface area contributed by atoms with E-state index in [2.05, 4.69) is 11.0 Å². The number of benzene rings is 1. The maximum absolute atomic E-state index is 6.03. The highest BCUT2D eigenvalue weighted by Crippen LogP contribution is 2.30. The first-order valence-electron chi connectivity index (χ1n) is 6.20. The van der Waals surface area contributed by atoms with Crippen LogP contribution >= 0.6 is 11.6 Å². The SMILES string of the molecule is NCCCCN1CCc2c(ccc(Cl)c2N)C1. The lowest BCUT2D eigenvalue weighted by Crippen LogP contribution is -2.32. The molecule has 0 aromatic heterocycles. The minimum atomic E-state index is 0.681. The standard InChI is InChI=1S/C13H20ClN3/c14-12-4-3-10-9-17(7-2-1-6-15)8-5-11(10)13(12)16/h3-4H,1-2,5-9,15-16H2. The topological polar surface area (TPSA) is 55.3 Å². The summed E-state index contributed by atoms with van der Waals surface area (Å²) in [6.07, 6.45) is 3.28. The number of fused-ring (bicyclic) bond motifs is 1. The molecule has 1 aliphatic heterocycles. The molecule has 94 valence electrons. The summed E-state index contributed by atoms with van der Waals surface area (Å²) >= 11 is 6.03. The molecule has 0 unspecified atom stereocenters. The molecule has 0 aliphatic carbocycles. The van der Waals surface area contributed by atoms with Gasteiger partial charge in [-0.05, 0) is 49.5 Å². The molecule has 0 fully saturated rings. The third-order valence-corrected chi connectivity index (χ3v) is 3.73. The van der Waals surface area contributed by atoms with Gasteiger partial charge in [0.2, 0.25) is 0 Å². The molecule has 0 spiro atoms. The summed E-state index contributed by atoms with van der Waals surface area (Å²) in [5.41, 5.74) is 14.8. The number of hydrogen-bond donors (Lipinski definition) is 2. The van der Waals surface area contributed by atoms with Gasteiger partial charge in [0.15, 0.2) is 0 Å². The summed E-state index contributed by atoms with van der Waals surface area (Å²) in [5.74, 6) is 0. The zero-order valence-electron chi connectivity index (χ0n) is 10.1. The molecular formula is C13H20ClN3. The van der Waals surface area contributed by atoms with Crippen LogP contribution in [-0.4, -0.2) is 24.5 Å². The minimum Gasteiger partial charge on any atom is -0.397 e. The lowest BCUT2D eigenvalue weighted by Gasteiger charge is -2.29. The van der Waals surface area contributed by atoms with Gasteiger partial charge in [-0.25, -0.2) is 0 Å².